The van der Waals surface area contributed by atoms with Gasteiger partial charge in [0, 0.05) is 12.8 Å². The maximum absolute atomic E-state index is 11.7. The smallest absolute Gasteiger partial charge is 0.338 e. The summed E-state index contributed by atoms with van der Waals surface area (Å²) in [6.45, 7) is 0.0748. The van der Waals surface area contributed by atoms with Crippen molar-refractivity contribution in [2.24, 2.45) is 0 Å². The van der Waals surface area contributed by atoms with Crippen molar-refractivity contribution < 1.29 is 29.3 Å². The van der Waals surface area contributed by atoms with E-state index in [4.69, 9.17) is 9.47 Å². The highest BCUT2D eigenvalue weighted by atomic mass is 16.6. The molecule has 0 radical (unpaired) electrons. The number of rotatable bonds is 9. The first-order valence-corrected chi connectivity index (χ1v) is 8.35. The Labute approximate surface area is 152 Å². The molecule has 26 heavy (non-hydrogen) atoms. The molecule has 0 bridgehead atoms. The molecule has 2 aromatic rings. The summed E-state index contributed by atoms with van der Waals surface area (Å²) in [4.78, 5) is 23.5. The van der Waals surface area contributed by atoms with E-state index in [1.165, 1.54) is 0 Å². The third-order valence-electron chi connectivity index (χ3n) is 3.74. The van der Waals surface area contributed by atoms with Gasteiger partial charge < -0.3 is 19.7 Å². The lowest BCUT2D eigenvalue weighted by Gasteiger charge is -2.16. The second kappa shape index (κ2) is 10.3. The van der Waals surface area contributed by atoms with Crippen LogP contribution < -0.4 is 0 Å². The fourth-order valence-corrected chi connectivity index (χ4v) is 2.26. The molecule has 0 aliphatic heterocycles. The van der Waals surface area contributed by atoms with Gasteiger partial charge in [-0.2, -0.15) is 0 Å². The minimum atomic E-state index is -1.98. The first-order chi connectivity index (χ1) is 12.6. The fourth-order valence-electron chi connectivity index (χ4n) is 2.26. The van der Waals surface area contributed by atoms with Gasteiger partial charge in [-0.05, 0) is 11.1 Å². The molecule has 2 atom stereocenters. The van der Waals surface area contributed by atoms with Crippen LogP contribution in [0.15, 0.2) is 60.7 Å². The normalized spacial score (nSPS) is 12.8. The molecule has 0 saturated carbocycles. The van der Waals surface area contributed by atoms with Crippen LogP contribution in [0.5, 0.6) is 0 Å². The van der Waals surface area contributed by atoms with Crippen molar-refractivity contribution in [1.82, 2.24) is 0 Å². The predicted octanol–water partition coefficient (Wildman–Crippen LogP) is 1.28. The van der Waals surface area contributed by atoms with Crippen molar-refractivity contribution in [3.05, 3.63) is 71.8 Å². The molecular weight excluding hydrogens is 336 g/mol. The van der Waals surface area contributed by atoms with E-state index < -0.39 is 24.1 Å². The summed E-state index contributed by atoms with van der Waals surface area (Å²) < 4.78 is 9.79. The van der Waals surface area contributed by atoms with Crippen molar-refractivity contribution in [1.29, 1.82) is 0 Å². The number of hydrogen-bond acceptors (Lipinski definition) is 6. The van der Waals surface area contributed by atoms with Gasteiger partial charge in [0.1, 0.15) is 0 Å². The van der Waals surface area contributed by atoms with E-state index in [-0.39, 0.29) is 13.2 Å². The van der Waals surface area contributed by atoms with Gasteiger partial charge in [0.15, 0.2) is 12.2 Å². The quantitative estimate of drug-likeness (QED) is 0.656. The van der Waals surface area contributed by atoms with Crippen LogP contribution >= 0.6 is 0 Å². The first kappa shape index (κ1) is 19.6. The zero-order valence-electron chi connectivity index (χ0n) is 14.3. The molecular formula is C20H22O6. The van der Waals surface area contributed by atoms with E-state index in [0.717, 1.165) is 11.1 Å². The monoisotopic (exact) mass is 358 g/mol. The summed E-state index contributed by atoms with van der Waals surface area (Å²) in [6.07, 6.45) is -3.02. The van der Waals surface area contributed by atoms with Crippen molar-refractivity contribution in [2.75, 3.05) is 13.2 Å². The number of aliphatic hydroxyl groups is 2. The number of carbonyl (C=O) groups is 2. The average Bonchev–Trinajstić information content (AvgIpc) is 2.68. The average molecular weight is 358 g/mol. The standard InChI is InChI=1S/C20H22O6/c21-17(19(23)25-13-11-15-7-3-1-4-8-15)18(22)20(24)26-14-12-16-9-5-2-6-10-16/h1-10,17-18,21-22H,11-14H2. The lowest BCUT2D eigenvalue weighted by molar-refractivity contribution is -0.173. The Morgan fingerprint density at radius 2 is 1.04 bits per heavy atom. The highest BCUT2D eigenvalue weighted by Gasteiger charge is 2.32. The van der Waals surface area contributed by atoms with Gasteiger partial charge >= 0.3 is 11.9 Å². The van der Waals surface area contributed by atoms with Crippen LogP contribution in [0.25, 0.3) is 0 Å². The summed E-state index contributed by atoms with van der Waals surface area (Å²) in [6, 6.07) is 18.7. The highest BCUT2D eigenvalue weighted by molar-refractivity contribution is 5.85. The number of carbonyl (C=O) groups excluding carboxylic acids is 2. The van der Waals surface area contributed by atoms with Crippen molar-refractivity contribution in [2.45, 2.75) is 25.0 Å². The van der Waals surface area contributed by atoms with E-state index >= 15 is 0 Å². The molecule has 0 amide bonds. The van der Waals surface area contributed by atoms with Crippen molar-refractivity contribution in [3.8, 4) is 0 Å². The Morgan fingerprint density at radius 1 is 0.692 bits per heavy atom. The summed E-state index contributed by atoms with van der Waals surface area (Å²) in [5.74, 6) is -2.12. The third-order valence-corrected chi connectivity index (χ3v) is 3.74. The second-order valence-electron chi connectivity index (χ2n) is 5.70. The molecule has 0 aliphatic carbocycles. The zero-order valence-corrected chi connectivity index (χ0v) is 14.3. The van der Waals surface area contributed by atoms with Crippen LogP contribution in [0.4, 0.5) is 0 Å². The van der Waals surface area contributed by atoms with Gasteiger partial charge in [0.05, 0.1) is 13.2 Å². The Morgan fingerprint density at radius 3 is 1.38 bits per heavy atom. The number of benzene rings is 2. The number of ether oxygens (including phenoxy) is 2. The van der Waals surface area contributed by atoms with Gasteiger partial charge in [-0.15, -0.1) is 0 Å². The number of esters is 2. The molecule has 0 aliphatic rings. The summed E-state index contributed by atoms with van der Waals surface area (Å²) >= 11 is 0. The van der Waals surface area contributed by atoms with E-state index in [2.05, 4.69) is 0 Å². The summed E-state index contributed by atoms with van der Waals surface area (Å²) in [5.41, 5.74) is 1.94. The van der Waals surface area contributed by atoms with E-state index in [1.807, 2.05) is 60.7 Å². The van der Waals surface area contributed by atoms with Gasteiger partial charge in [-0.25, -0.2) is 9.59 Å². The Bertz CT molecular complexity index is 624. The van der Waals surface area contributed by atoms with Crippen LogP contribution in [0.3, 0.4) is 0 Å². The highest BCUT2D eigenvalue weighted by Crippen LogP contribution is 2.05. The summed E-state index contributed by atoms with van der Waals surface area (Å²) in [5, 5.41) is 19.5. The molecule has 0 saturated heterocycles. The van der Waals surface area contributed by atoms with Crippen LogP contribution in [-0.4, -0.2) is 47.6 Å². The maximum Gasteiger partial charge on any atom is 0.338 e. The topological polar surface area (TPSA) is 93.1 Å². The lowest BCUT2D eigenvalue weighted by Crippen LogP contribution is -2.42. The first-order valence-electron chi connectivity index (χ1n) is 8.35. The Balaban J connectivity index is 1.69. The molecule has 138 valence electrons. The van der Waals surface area contributed by atoms with E-state index in [9.17, 15) is 19.8 Å². The van der Waals surface area contributed by atoms with Crippen molar-refractivity contribution in [3.63, 3.8) is 0 Å². The van der Waals surface area contributed by atoms with Gasteiger partial charge in [0.2, 0.25) is 0 Å². The third kappa shape index (κ3) is 6.31. The molecule has 2 N–H and O–H groups in total. The Kier molecular flexibility index (Phi) is 7.79. The SMILES string of the molecule is O=C(OCCc1ccccc1)C(O)C(O)C(=O)OCCc1ccccc1. The van der Waals surface area contributed by atoms with Gasteiger partial charge in [-0.1, -0.05) is 60.7 Å². The van der Waals surface area contributed by atoms with Crippen LogP contribution in [0.2, 0.25) is 0 Å². The van der Waals surface area contributed by atoms with Crippen LogP contribution in [0, 0.1) is 0 Å². The largest absolute Gasteiger partial charge is 0.463 e. The predicted molar refractivity (Wildman–Crippen MR) is 94.2 cm³/mol. The second-order valence-corrected chi connectivity index (χ2v) is 5.70. The number of hydrogen-bond donors (Lipinski definition) is 2. The Hall–Kier alpha value is -2.70. The maximum atomic E-state index is 11.7. The van der Waals surface area contributed by atoms with Gasteiger partial charge in [0.25, 0.3) is 0 Å². The summed E-state index contributed by atoms with van der Waals surface area (Å²) in [7, 11) is 0. The molecule has 0 spiro atoms. The minimum absolute atomic E-state index is 0.0374. The van der Waals surface area contributed by atoms with Crippen LogP contribution in [0.1, 0.15) is 11.1 Å². The molecule has 0 aromatic heterocycles. The lowest BCUT2D eigenvalue weighted by atomic mass is 10.1. The van der Waals surface area contributed by atoms with E-state index in [1.54, 1.807) is 0 Å². The van der Waals surface area contributed by atoms with Gasteiger partial charge in [-0.3, -0.25) is 0 Å². The molecule has 2 rings (SSSR count). The van der Waals surface area contributed by atoms with Crippen molar-refractivity contribution >= 4 is 11.9 Å². The molecule has 6 heteroatoms. The zero-order chi connectivity index (χ0) is 18.8. The fraction of sp³-hybridized carbons (Fsp3) is 0.300. The molecule has 0 fully saturated rings. The van der Waals surface area contributed by atoms with E-state index in [0.29, 0.717) is 12.8 Å². The minimum Gasteiger partial charge on any atom is -0.463 e. The molecule has 6 nitrogen and oxygen atoms in total. The molecule has 2 unspecified atom stereocenters. The molecule has 0 heterocycles. The van der Waals surface area contributed by atoms with Crippen LogP contribution in [-0.2, 0) is 31.9 Å². The molecule has 2 aromatic carbocycles. The number of aliphatic hydroxyl groups excluding tert-OH is 2.